The van der Waals surface area contributed by atoms with Crippen molar-refractivity contribution in [1.82, 2.24) is 5.32 Å². The van der Waals surface area contributed by atoms with Crippen LogP contribution in [0.5, 0.6) is 0 Å². The molecule has 0 aliphatic carbocycles. The average molecular weight is 295 g/mol. The minimum atomic E-state index is 0.275. The van der Waals surface area contributed by atoms with E-state index in [1.54, 1.807) is 0 Å². The third-order valence-electron chi connectivity index (χ3n) is 3.21. The van der Waals surface area contributed by atoms with Gasteiger partial charge in [0.15, 0.2) is 0 Å². The van der Waals surface area contributed by atoms with Gasteiger partial charge < -0.3 is 10.4 Å². The van der Waals surface area contributed by atoms with E-state index >= 15 is 0 Å². The van der Waals surface area contributed by atoms with Gasteiger partial charge in [-0.25, -0.2) is 0 Å². The Kier molecular flexibility index (Phi) is 6.04. The zero-order valence-corrected chi connectivity index (χ0v) is 12.8. The Morgan fingerprint density at radius 2 is 2.00 bits per heavy atom. The Labute approximate surface area is 123 Å². The molecule has 104 valence electrons. The monoisotopic (exact) mass is 295 g/mol. The molecule has 0 spiro atoms. The van der Waals surface area contributed by atoms with Crippen LogP contribution in [0.25, 0.3) is 0 Å². The molecule has 2 aromatic rings. The molecule has 0 radical (unpaired) electrons. The number of rotatable bonds is 8. The second kappa shape index (κ2) is 7.80. The lowest BCUT2D eigenvalue weighted by atomic mass is 10.1. The van der Waals surface area contributed by atoms with Crippen molar-refractivity contribution in [2.75, 3.05) is 13.2 Å². The minimum absolute atomic E-state index is 0.275. The molecule has 2 unspecified atom stereocenters. The fourth-order valence-electron chi connectivity index (χ4n) is 2.06. The Hall–Kier alpha value is -0.680. The fraction of sp³-hybridized carbons (Fsp3) is 0.467. The van der Waals surface area contributed by atoms with E-state index in [1.807, 2.05) is 22.7 Å². The summed E-state index contributed by atoms with van der Waals surface area (Å²) in [6.07, 6.45) is 1.91. The van der Waals surface area contributed by atoms with Gasteiger partial charge in [0.2, 0.25) is 0 Å². The van der Waals surface area contributed by atoms with Crippen molar-refractivity contribution in [2.24, 2.45) is 5.92 Å². The van der Waals surface area contributed by atoms with Gasteiger partial charge in [0.1, 0.15) is 0 Å². The van der Waals surface area contributed by atoms with Crippen LogP contribution in [0, 0.1) is 5.92 Å². The molecule has 0 saturated carbocycles. The van der Waals surface area contributed by atoms with E-state index in [1.165, 1.54) is 9.75 Å². The van der Waals surface area contributed by atoms with E-state index in [9.17, 15) is 0 Å². The number of aliphatic hydroxyl groups excluding tert-OH is 1. The summed E-state index contributed by atoms with van der Waals surface area (Å²) in [5, 5.41) is 16.9. The van der Waals surface area contributed by atoms with Gasteiger partial charge in [-0.2, -0.15) is 0 Å². The molecule has 0 saturated heterocycles. The van der Waals surface area contributed by atoms with Crippen molar-refractivity contribution in [2.45, 2.75) is 25.8 Å². The summed E-state index contributed by atoms with van der Waals surface area (Å²) in [7, 11) is 0. The van der Waals surface area contributed by atoms with E-state index in [0.717, 1.165) is 19.4 Å². The molecule has 0 fully saturated rings. The smallest absolute Gasteiger partial charge is 0.0463 e. The van der Waals surface area contributed by atoms with E-state index in [4.69, 9.17) is 5.11 Å². The van der Waals surface area contributed by atoms with Crippen molar-refractivity contribution in [1.29, 1.82) is 0 Å². The first kappa shape index (κ1) is 14.7. The van der Waals surface area contributed by atoms with Gasteiger partial charge in [0.25, 0.3) is 0 Å². The SMILES string of the molecule is CC(CCO)CNC(Cc1cccs1)c1cccs1. The summed E-state index contributed by atoms with van der Waals surface area (Å²) in [4.78, 5) is 2.81. The van der Waals surface area contributed by atoms with Crippen LogP contribution in [0.1, 0.15) is 29.1 Å². The zero-order chi connectivity index (χ0) is 13.5. The third kappa shape index (κ3) is 4.73. The number of thiophene rings is 2. The molecule has 4 heteroatoms. The number of hydrogen-bond donors (Lipinski definition) is 2. The summed E-state index contributed by atoms with van der Waals surface area (Å²) in [5.74, 6) is 0.510. The number of nitrogens with one attached hydrogen (secondary N) is 1. The maximum absolute atomic E-state index is 8.97. The molecule has 2 atom stereocenters. The van der Waals surface area contributed by atoms with E-state index in [0.29, 0.717) is 12.0 Å². The molecule has 19 heavy (non-hydrogen) atoms. The van der Waals surface area contributed by atoms with E-state index in [2.05, 4.69) is 47.3 Å². The van der Waals surface area contributed by atoms with Crippen molar-refractivity contribution < 1.29 is 5.11 Å². The molecule has 0 aliphatic heterocycles. The summed E-state index contributed by atoms with van der Waals surface area (Å²) in [5.41, 5.74) is 0. The molecule has 0 amide bonds. The lowest BCUT2D eigenvalue weighted by molar-refractivity contribution is 0.258. The van der Waals surface area contributed by atoms with Crippen LogP contribution in [0.3, 0.4) is 0 Å². The van der Waals surface area contributed by atoms with Crippen LogP contribution < -0.4 is 5.32 Å². The first-order chi connectivity index (χ1) is 9.29. The zero-order valence-electron chi connectivity index (χ0n) is 11.2. The molecule has 0 aliphatic rings. The third-order valence-corrected chi connectivity index (χ3v) is 5.09. The summed E-state index contributed by atoms with van der Waals surface area (Å²) in [6, 6.07) is 9.01. The van der Waals surface area contributed by atoms with E-state index in [-0.39, 0.29) is 6.61 Å². The van der Waals surface area contributed by atoms with Crippen LogP contribution in [0.15, 0.2) is 35.0 Å². The second-order valence-corrected chi connectivity index (χ2v) is 6.89. The molecule has 0 aromatic carbocycles. The van der Waals surface area contributed by atoms with Gasteiger partial charge in [-0.15, -0.1) is 22.7 Å². The Morgan fingerprint density at radius 3 is 2.63 bits per heavy atom. The molecular formula is C15H21NOS2. The van der Waals surface area contributed by atoms with Gasteiger partial charge in [-0.3, -0.25) is 0 Å². The highest BCUT2D eigenvalue weighted by Gasteiger charge is 2.14. The predicted molar refractivity (Wildman–Crippen MR) is 84.0 cm³/mol. The molecule has 0 bridgehead atoms. The predicted octanol–water partition coefficient (Wildman–Crippen LogP) is 3.70. The maximum atomic E-state index is 8.97. The van der Waals surface area contributed by atoms with Crippen LogP contribution in [-0.2, 0) is 6.42 Å². The quantitative estimate of drug-likeness (QED) is 0.778. The van der Waals surface area contributed by atoms with Gasteiger partial charge in [-0.05, 0) is 41.8 Å². The molecule has 2 nitrogen and oxygen atoms in total. The van der Waals surface area contributed by atoms with Gasteiger partial charge in [0, 0.05) is 28.8 Å². The van der Waals surface area contributed by atoms with Crippen molar-refractivity contribution in [3.05, 3.63) is 44.8 Å². The molecule has 2 N–H and O–H groups in total. The molecule has 2 rings (SSSR count). The van der Waals surface area contributed by atoms with Gasteiger partial charge in [0.05, 0.1) is 0 Å². The van der Waals surface area contributed by atoms with Crippen molar-refractivity contribution in [3.8, 4) is 0 Å². The highest BCUT2D eigenvalue weighted by molar-refractivity contribution is 7.10. The van der Waals surface area contributed by atoms with Crippen LogP contribution in [0.2, 0.25) is 0 Å². The number of hydrogen-bond acceptors (Lipinski definition) is 4. The highest BCUT2D eigenvalue weighted by atomic mass is 32.1. The van der Waals surface area contributed by atoms with Crippen LogP contribution in [-0.4, -0.2) is 18.3 Å². The average Bonchev–Trinajstić information content (AvgIpc) is 3.07. The first-order valence-corrected chi connectivity index (χ1v) is 8.45. The van der Waals surface area contributed by atoms with E-state index < -0.39 is 0 Å². The Bertz CT molecular complexity index is 439. The summed E-state index contributed by atoms with van der Waals surface area (Å²) >= 11 is 3.63. The highest BCUT2D eigenvalue weighted by Crippen LogP contribution is 2.25. The van der Waals surface area contributed by atoms with Gasteiger partial charge >= 0.3 is 0 Å². The van der Waals surface area contributed by atoms with Crippen LogP contribution >= 0.6 is 22.7 Å². The normalized spacial score (nSPS) is 14.4. The standard InChI is InChI=1S/C15H21NOS2/c1-12(6-7-17)11-16-14(15-5-3-9-19-15)10-13-4-2-8-18-13/h2-5,8-9,12,14,16-17H,6-7,10-11H2,1H3. The Morgan fingerprint density at radius 1 is 1.21 bits per heavy atom. The maximum Gasteiger partial charge on any atom is 0.0463 e. The summed E-state index contributed by atoms with van der Waals surface area (Å²) < 4.78 is 0. The minimum Gasteiger partial charge on any atom is -0.396 e. The number of aliphatic hydroxyl groups is 1. The Balaban J connectivity index is 1.95. The van der Waals surface area contributed by atoms with Gasteiger partial charge in [-0.1, -0.05) is 19.1 Å². The summed E-state index contributed by atoms with van der Waals surface area (Å²) in [6.45, 7) is 3.41. The largest absolute Gasteiger partial charge is 0.396 e. The molecule has 2 heterocycles. The van der Waals surface area contributed by atoms with Crippen LogP contribution in [0.4, 0.5) is 0 Å². The lowest BCUT2D eigenvalue weighted by Crippen LogP contribution is -2.27. The molecular weight excluding hydrogens is 274 g/mol. The lowest BCUT2D eigenvalue weighted by Gasteiger charge is -2.19. The second-order valence-electron chi connectivity index (χ2n) is 4.88. The first-order valence-electron chi connectivity index (χ1n) is 6.69. The molecule has 2 aromatic heterocycles. The fourth-order valence-corrected chi connectivity index (χ4v) is 3.61. The van der Waals surface area contributed by atoms with Crippen molar-refractivity contribution >= 4 is 22.7 Å². The topological polar surface area (TPSA) is 32.3 Å². The van der Waals surface area contributed by atoms with Crippen molar-refractivity contribution in [3.63, 3.8) is 0 Å².